The predicted molar refractivity (Wildman–Crippen MR) is 53.8 cm³/mol. The van der Waals surface area contributed by atoms with Gasteiger partial charge in [0.1, 0.15) is 0 Å². The van der Waals surface area contributed by atoms with Gasteiger partial charge in [0.15, 0.2) is 0 Å². The van der Waals surface area contributed by atoms with Crippen molar-refractivity contribution in [1.82, 2.24) is 0 Å². The van der Waals surface area contributed by atoms with E-state index >= 15 is 0 Å². The van der Waals surface area contributed by atoms with Crippen LogP contribution in [-0.2, 0) is 0 Å². The monoisotopic (exact) mass is 195 g/mol. The molecule has 0 aliphatic rings. The van der Waals surface area contributed by atoms with Gasteiger partial charge in [0.05, 0.1) is 4.92 Å². The van der Waals surface area contributed by atoms with E-state index in [4.69, 9.17) is 11.5 Å². The van der Waals surface area contributed by atoms with Gasteiger partial charge in [-0.25, -0.2) is 0 Å². The maximum Gasteiger partial charge on any atom is 0.269 e. The Morgan fingerprint density at radius 3 is 2.71 bits per heavy atom. The molecule has 0 radical (unpaired) electrons. The SMILES string of the molecule is Cc1ccc([N+](=O)[O-])cc1[C@H](N)CN. The first kappa shape index (κ1) is 10.6. The van der Waals surface area contributed by atoms with E-state index in [2.05, 4.69) is 0 Å². The Labute approximate surface area is 81.9 Å². The summed E-state index contributed by atoms with van der Waals surface area (Å²) in [6, 6.07) is 4.28. The first-order valence-corrected chi connectivity index (χ1v) is 4.27. The predicted octanol–water partition coefficient (Wildman–Crippen LogP) is 0.862. The topological polar surface area (TPSA) is 95.2 Å². The van der Waals surface area contributed by atoms with Crippen molar-refractivity contribution >= 4 is 5.69 Å². The lowest BCUT2D eigenvalue weighted by atomic mass is 10.0. The third kappa shape index (κ3) is 2.07. The van der Waals surface area contributed by atoms with Gasteiger partial charge in [-0.05, 0) is 18.1 Å². The minimum Gasteiger partial charge on any atom is -0.329 e. The number of nitrogens with zero attached hydrogens (tertiary/aromatic N) is 1. The van der Waals surface area contributed by atoms with Gasteiger partial charge in [0, 0.05) is 24.7 Å². The Balaban J connectivity index is 3.14. The molecular formula is C9H13N3O2. The van der Waals surface area contributed by atoms with Gasteiger partial charge < -0.3 is 11.5 Å². The van der Waals surface area contributed by atoms with E-state index in [9.17, 15) is 10.1 Å². The normalized spacial score (nSPS) is 12.5. The zero-order valence-corrected chi connectivity index (χ0v) is 7.93. The number of nitro groups is 1. The van der Waals surface area contributed by atoms with Crippen LogP contribution in [0.1, 0.15) is 17.2 Å². The molecule has 0 aliphatic carbocycles. The molecule has 0 heterocycles. The highest BCUT2D eigenvalue weighted by molar-refractivity contribution is 5.40. The fraction of sp³-hybridized carbons (Fsp3) is 0.333. The number of hydrogen-bond donors (Lipinski definition) is 2. The van der Waals surface area contributed by atoms with E-state index in [1.165, 1.54) is 12.1 Å². The molecule has 1 aromatic carbocycles. The Bertz CT molecular complexity index is 352. The van der Waals surface area contributed by atoms with E-state index in [1.54, 1.807) is 6.07 Å². The van der Waals surface area contributed by atoms with Crippen molar-refractivity contribution in [2.24, 2.45) is 11.5 Å². The molecule has 5 heteroatoms. The van der Waals surface area contributed by atoms with Crippen LogP contribution in [0.4, 0.5) is 5.69 Å². The molecular weight excluding hydrogens is 182 g/mol. The van der Waals surface area contributed by atoms with Gasteiger partial charge in [0.2, 0.25) is 0 Å². The van der Waals surface area contributed by atoms with E-state index in [0.29, 0.717) is 0 Å². The fourth-order valence-corrected chi connectivity index (χ4v) is 1.27. The summed E-state index contributed by atoms with van der Waals surface area (Å²) < 4.78 is 0. The van der Waals surface area contributed by atoms with Gasteiger partial charge in [-0.15, -0.1) is 0 Å². The summed E-state index contributed by atoms with van der Waals surface area (Å²) in [7, 11) is 0. The highest BCUT2D eigenvalue weighted by atomic mass is 16.6. The van der Waals surface area contributed by atoms with Crippen LogP contribution in [0.3, 0.4) is 0 Å². The van der Waals surface area contributed by atoms with Crippen molar-refractivity contribution in [3.05, 3.63) is 39.4 Å². The van der Waals surface area contributed by atoms with Crippen molar-refractivity contribution in [2.45, 2.75) is 13.0 Å². The molecule has 4 N–H and O–H groups in total. The summed E-state index contributed by atoms with van der Waals surface area (Å²) in [5, 5.41) is 10.5. The van der Waals surface area contributed by atoms with Crippen molar-refractivity contribution in [1.29, 1.82) is 0 Å². The fourth-order valence-electron chi connectivity index (χ4n) is 1.27. The van der Waals surface area contributed by atoms with Crippen LogP contribution in [0.2, 0.25) is 0 Å². The quantitative estimate of drug-likeness (QED) is 0.552. The molecule has 0 fully saturated rings. The minimum absolute atomic E-state index is 0.0505. The lowest BCUT2D eigenvalue weighted by Crippen LogP contribution is -2.21. The highest BCUT2D eigenvalue weighted by Gasteiger charge is 2.12. The Morgan fingerprint density at radius 1 is 1.57 bits per heavy atom. The highest BCUT2D eigenvalue weighted by Crippen LogP contribution is 2.21. The van der Waals surface area contributed by atoms with Crippen LogP contribution in [0.15, 0.2) is 18.2 Å². The van der Waals surface area contributed by atoms with Gasteiger partial charge in [-0.1, -0.05) is 6.07 Å². The molecule has 5 nitrogen and oxygen atoms in total. The molecule has 76 valence electrons. The zero-order chi connectivity index (χ0) is 10.7. The lowest BCUT2D eigenvalue weighted by molar-refractivity contribution is -0.384. The lowest BCUT2D eigenvalue weighted by Gasteiger charge is -2.11. The molecule has 0 bridgehead atoms. The second kappa shape index (κ2) is 4.17. The second-order valence-electron chi connectivity index (χ2n) is 3.14. The van der Waals surface area contributed by atoms with Gasteiger partial charge in [0.25, 0.3) is 5.69 Å². The van der Waals surface area contributed by atoms with Crippen LogP contribution in [0, 0.1) is 17.0 Å². The van der Waals surface area contributed by atoms with Gasteiger partial charge in [-0.3, -0.25) is 10.1 Å². The number of rotatable bonds is 3. The van der Waals surface area contributed by atoms with Crippen molar-refractivity contribution < 1.29 is 4.92 Å². The van der Waals surface area contributed by atoms with Gasteiger partial charge >= 0.3 is 0 Å². The van der Waals surface area contributed by atoms with Crippen molar-refractivity contribution in [3.63, 3.8) is 0 Å². The van der Waals surface area contributed by atoms with Crippen LogP contribution in [0.25, 0.3) is 0 Å². The molecule has 1 aromatic rings. The maximum absolute atomic E-state index is 10.5. The standard InChI is InChI=1S/C9H13N3O2/c1-6-2-3-7(12(13)14)4-8(6)9(11)5-10/h2-4,9H,5,10-11H2,1H3/t9-/m1/s1. The third-order valence-electron chi connectivity index (χ3n) is 2.13. The van der Waals surface area contributed by atoms with E-state index in [-0.39, 0.29) is 18.3 Å². The number of benzene rings is 1. The molecule has 0 saturated heterocycles. The second-order valence-corrected chi connectivity index (χ2v) is 3.14. The van der Waals surface area contributed by atoms with Crippen molar-refractivity contribution in [2.75, 3.05) is 6.54 Å². The zero-order valence-electron chi connectivity index (χ0n) is 7.93. The molecule has 1 atom stereocenters. The number of aryl methyl sites for hydroxylation is 1. The smallest absolute Gasteiger partial charge is 0.269 e. The maximum atomic E-state index is 10.5. The summed E-state index contributed by atoms with van der Waals surface area (Å²) >= 11 is 0. The summed E-state index contributed by atoms with van der Waals surface area (Å²) in [4.78, 5) is 10.1. The van der Waals surface area contributed by atoms with Crippen LogP contribution in [-0.4, -0.2) is 11.5 Å². The molecule has 14 heavy (non-hydrogen) atoms. The molecule has 0 amide bonds. The van der Waals surface area contributed by atoms with Crippen molar-refractivity contribution in [3.8, 4) is 0 Å². The van der Waals surface area contributed by atoms with Gasteiger partial charge in [-0.2, -0.15) is 0 Å². The molecule has 0 spiro atoms. The summed E-state index contributed by atoms with van der Waals surface area (Å²) in [6.45, 7) is 2.14. The first-order chi connectivity index (χ1) is 6.56. The summed E-state index contributed by atoms with van der Waals surface area (Å²) in [5.74, 6) is 0. The van der Waals surface area contributed by atoms with E-state index in [1.807, 2.05) is 6.92 Å². The molecule has 0 aromatic heterocycles. The number of non-ortho nitro benzene ring substituents is 1. The Hall–Kier alpha value is -1.46. The van der Waals surface area contributed by atoms with E-state index < -0.39 is 4.92 Å². The minimum atomic E-state index is -0.438. The average Bonchev–Trinajstić information content (AvgIpc) is 2.17. The largest absolute Gasteiger partial charge is 0.329 e. The molecule has 0 aliphatic heterocycles. The Morgan fingerprint density at radius 2 is 2.21 bits per heavy atom. The molecule has 0 saturated carbocycles. The van der Waals surface area contributed by atoms with Crippen LogP contribution >= 0.6 is 0 Å². The molecule has 1 rings (SSSR count). The summed E-state index contributed by atoms with van der Waals surface area (Å²) in [6.07, 6.45) is 0. The first-order valence-electron chi connectivity index (χ1n) is 4.27. The number of nitro benzene ring substituents is 1. The third-order valence-corrected chi connectivity index (χ3v) is 2.13. The summed E-state index contributed by atoms with van der Waals surface area (Å²) in [5.41, 5.74) is 12.8. The van der Waals surface area contributed by atoms with E-state index in [0.717, 1.165) is 11.1 Å². The molecule has 0 unspecified atom stereocenters. The number of hydrogen-bond acceptors (Lipinski definition) is 4. The Kier molecular flexibility index (Phi) is 3.16. The number of nitrogens with two attached hydrogens (primary N) is 2. The van der Waals surface area contributed by atoms with Crippen LogP contribution < -0.4 is 11.5 Å². The average molecular weight is 195 g/mol. The van der Waals surface area contributed by atoms with Crippen LogP contribution in [0.5, 0.6) is 0 Å².